The van der Waals surface area contributed by atoms with Crippen LogP contribution >= 0.6 is 0 Å². The Morgan fingerprint density at radius 3 is 2.56 bits per heavy atom. The smallest absolute Gasteiger partial charge is 0.224 e. The zero-order valence-corrected chi connectivity index (χ0v) is 12.4. The average molecular weight is 276 g/mol. The van der Waals surface area contributed by atoms with Crippen LogP contribution in [0.3, 0.4) is 0 Å². The molecule has 0 aliphatic carbocycles. The third-order valence-electron chi connectivity index (χ3n) is 3.79. The minimum Gasteiger partial charge on any atom is -0.354 e. The molecule has 2 unspecified atom stereocenters. The van der Waals surface area contributed by atoms with Crippen LogP contribution in [0.5, 0.6) is 0 Å². The van der Waals surface area contributed by atoms with E-state index < -0.39 is 14.6 Å². The van der Waals surface area contributed by atoms with Crippen LogP contribution < -0.4 is 10.6 Å². The Balaban J connectivity index is 2.56. The standard InChI is InChI=1S/C12H24N2O3S/c1-9-10(6-5-7-13-9)11(15)14-8-12(2,3)18(4,16)17/h9-10,13H,5-8H2,1-4H3,(H,14,15). The van der Waals surface area contributed by atoms with E-state index in [4.69, 9.17) is 0 Å². The third kappa shape index (κ3) is 3.68. The maximum atomic E-state index is 12.0. The first kappa shape index (κ1) is 15.4. The first-order valence-electron chi connectivity index (χ1n) is 6.36. The van der Waals surface area contributed by atoms with Crippen molar-refractivity contribution in [1.29, 1.82) is 0 Å². The number of hydrogen-bond acceptors (Lipinski definition) is 4. The van der Waals surface area contributed by atoms with E-state index in [0.717, 1.165) is 19.4 Å². The second-order valence-electron chi connectivity index (χ2n) is 5.74. The second kappa shape index (κ2) is 5.57. The molecule has 1 aliphatic rings. The zero-order valence-electron chi connectivity index (χ0n) is 11.6. The van der Waals surface area contributed by atoms with Gasteiger partial charge >= 0.3 is 0 Å². The first-order valence-corrected chi connectivity index (χ1v) is 8.25. The van der Waals surface area contributed by atoms with Gasteiger partial charge in [-0.3, -0.25) is 4.79 Å². The number of rotatable bonds is 4. The van der Waals surface area contributed by atoms with Gasteiger partial charge in [0.25, 0.3) is 0 Å². The fourth-order valence-corrected chi connectivity index (χ4v) is 2.30. The molecule has 106 valence electrons. The minimum absolute atomic E-state index is 0.0496. The van der Waals surface area contributed by atoms with Crippen molar-refractivity contribution in [1.82, 2.24) is 10.6 Å². The summed E-state index contributed by atoms with van der Waals surface area (Å²) in [7, 11) is -3.17. The number of nitrogens with one attached hydrogen (secondary N) is 2. The van der Waals surface area contributed by atoms with E-state index in [1.807, 2.05) is 6.92 Å². The number of piperidine rings is 1. The van der Waals surface area contributed by atoms with Gasteiger partial charge in [0.1, 0.15) is 0 Å². The summed E-state index contributed by atoms with van der Waals surface area (Å²) in [6, 6.07) is 0.153. The molecule has 5 nitrogen and oxygen atoms in total. The van der Waals surface area contributed by atoms with Crippen molar-refractivity contribution >= 4 is 15.7 Å². The quantitative estimate of drug-likeness (QED) is 0.775. The fourth-order valence-electron chi connectivity index (χ4n) is 1.96. The van der Waals surface area contributed by atoms with Crippen LogP contribution in [-0.4, -0.2) is 44.5 Å². The van der Waals surface area contributed by atoms with Crippen molar-refractivity contribution in [2.75, 3.05) is 19.3 Å². The lowest BCUT2D eigenvalue weighted by atomic mass is 9.91. The third-order valence-corrected chi connectivity index (χ3v) is 5.94. The molecule has 1 aliphatic heterocycles. The molecule has 0 saturated carbocycles. The molecular formula is C12H24N2O3S. The molecule has 6 heteroatoms. The molecule has 0 aromatic heterocycles. The largest absolute Gasteiger partial charge is 0.354 e. The molecule has 18 heavy (non-hydrogen) atoms. The van der Waals surface area contributed by atoms with Gasteiger partial charge in [-0.25, -0.2) is 8.42 Å². The van der Waals surface area contributed by atoms with E-state index in [0.29, 0.717) is 0 Å². The zero-order chi connectivity index (χ0) is 14.0. The molecule has 2 N–H and O–H groups in total. The van der Waals surface area contributed by atoms with Gasteiger partial charge in [-0.15, -0.1) is 0 Å². The van der Waals surface area contributed by atoms with E-state index in [2.05, 4.69) is 10.6 Å². The normalized spacial score (nSPS) is 25.8. The summed E-state index contributed by atoms with van der Waals surface area (Å²) in [4.78, 5) is 12.0. The Hall–Kier alpha value is -0.620. The number of sulfone groups is 1. The van der Waals surface area contributed by atoms with Gasteiger partial charge in [-0.2, -0.15) is 0 Å². The highest BCUT2D eigenvalue weighted by Crippen LogP contribution is 2.18. The lowest BCUT2D eigenvalue weighted by molar-refractivity contribution is -0.126. The van der Waals surface area contributed by atoms with Gasteiger partial charge in [-0.05, 0) is 40.2 Å². The predicted molar refractivity (Wildman–Crippen MR) is 72.1 cm³/mol. The molecular weight excluding hydrogens is 252 g/mol. The van der Waals surface area contributed by atoms with E-state index in [1.165, 1.54) is 6.26 Å². The maximum Gasteiger partial charge on any atom is 0.224 e. The monoisotopic (exact) mass is 276 g/mol. The highest BCUT2D eigenvalue weighted by Gasteiger charge is 2.33. The van der Waals surface area contributed by atoms with Crippen molar-refractivity contribution in [3.63, 3.8) is 0 Å². The second-order valence-corrected chi connectivity index (χ2v) is 8.39. The average Bonchev–Trinajstić information content (AvgIpc) is 2.25. The topological polar surface area (TPSA) is 75.3 Å². The molecule has 1 heterocycles. The van der Waals surface area contributed by atoms with Crippen molar-refractivity contribution in [2.24, 2.45) is 5.92 Å². The van der Waals surface area contributed by atoms with Gasteiger partial charge in [-0.1, -0.05) is 0 Å². The van der Waals surface area contributed by atoms with Crippen molar-refractivity contribution in [3.05, 3.63) is 0 Å². The molecule has 0 spiro atoms. The Morgan fingerprint density at radius 2 is 2.06 bits per heavy atom. The van der Waals surface area contributed by atoms with Gasteiger partial charge in [0.2, 0.25) is 5.91 Å². The van der Waals surface area contributed by atoms with E-state index in [-0.39, 0.29) is 24.4 Å². The predicted octanol–water partition coefficient (Wildman–Crippen LogP) is 0.314. The summed E-state index contributed by atoms with van der Waals surface area (Å²) in [6.07, 6.45) is 3.04. The molecule has 2 atom stereocenters. The van der Waals surface area contributed by atoms with Crippen LogP contribution in [-0.2, 0) is 14.6 Å². The summed E-state index contributed by atoms with van der Waals surface area (Å²) in [5.74, 6) is -0.111. The molecule has 0 radical (unpaired) electrons. The van der Waals surface area contributed by atoms with Crippen LogP contribution in [0.25, 0.3) is 0 Å². The van der Waals surface area contributed by atoms with Crippen LogP contribution in [0.2, 0.25) is 0 Å². The summed E-state index contributed by atoms with van der Waals surface area (Å²) < 4.78 is 22.2. The summed E-state index contributed by atoms with van der Waals surface area (Å²) in [5.41, 5.74) is 0. The maximum absolute atomic E-state index is 12.0. The van der Waals surface area contributed by atoms with Crippen molar-refractivity contribution in [3.8, 4) is 0 Å². The van der Waals surface area contributed by atoms with Gasteiger partial charge < -0.3 is 10.6 Å². The minimum atomic E-state index is -3.17. The van der Waals surface area contributed by atoms with Crippen LogP contribution in [0, 0.1) is 5.92 Å². The molecule has 0 aromatic carbocycles. The lowest BCUT2D eigenvalue weighted by Gasteiger charge is -2.30. The van der Waals surface area contributed by atoms with E-state index >= 15 is 0 Å². The molecule has 1 amide bonds. The van der Waals surface area contributed by atoms with Gasteiger partial charge in [0, 0.05) is 18.8 Å². The Morgan fingerprint density at radius 1 is 1.44 bits per heavy atom. The Labute approximate surface area is 110 Å². The SMILES string of the molecule is CC1NCCCC1C(=O)NCC(C)(C)S(C)(=O)=O. The van der Waals surface area contributed by atoms with Crippen LogP contribution in [0.4, 0.5) is 0 Å². The molecule has 0 bridgehead atoms. The Bertz CT molecular complexity index is 404. The number of amides is 1. The highest BCUT2D eigenvalue weighted by atomic mass is 32.2. The van der Waals surface area contributed by atoms with E-state index in [9.17, 15) is 13.2 Å². The van der Waals surface area contributed by atoms with Gasteiger partial charge in [0.15, 0.2) is 9.84 Å². The molecule has 1 rings (SSSR count). The summed E-state index contributed by atoms with van der Waals surface area (Å²) in [6.45, 7) is 6.36. The summed E-state index contributed by atoms with van der Waals surface area (Å²) in [5, 5.41) is 6.03. The highest BCUT2D eigenvalue weighted by molar-refractivity contribution is 7.92. The number of carbonyl (C=O) groups is 1. The molecule has 0 aromatic rings. The summed E-state index contributed by atoms with van der Waals surface area (Å²) >= 11 is 0. The van der Waals surface area contributed by atoms with Crippen molar-refractivity contribution in [2.45, 2.75) is 44.4 Å². The Kier molecular flexibility index (Phi) is 4.78. The van der Waals surface area contributed by atoms with Crippen LogP contribution in [0.15, 0.2) is 0 Å². The fraction of sp³-hybridized carbons (Fsp3) is 0.917. The van der Waals surface area contributed by atoms with E-state index in [1.54, 1.807) is 13.8 Å². The van der Waals surface area contributed by atoms with Crippen molar-refractivity contribution < 1.29 is 13.2 Å². The number of hydrogen-bond donors (Lipinski definition) is 2. The molecule has 1 fully saturated rings. The van der Waals surface area contributed by atoms with Gasteiger partial charge in [0.05, 0.1) is 10.7 Å². The lowest BCUT2D eigenvalue weighted by Crippen LogP contribution is -2.50. The first-order chi connectivity index (χ1) is 8.15. The number of carbonyl (C=O) groups excluding carboxylic acids is 1. The van der Waals surface area contributed by atoms with Crippen LogP contribution in [0.1, 0.15) is 33.6 Å². The molecule has 1 saturated heterocycles.